The van der Waals surface area contributed by atoms with E-state index in [1.165, 1.54) is 18.6 Å². The van der Waals surface area contributed by atoms with Gasteiger partial charge in [0.05, 0.1) is 18.0 Å². The maximum Gasteiger partial charge on any atom is 0.266 e. The molecule has 0 bridgehead atoms. The van der Waals surface area contributed by atoms with Crippen LogP contribution in [0.4, 0.5) is 5.82 Å². The normalized spacial score (nSPS) is 11.3. The monoisotopic (exact) mass is 272 g/mol. The molecule has 2 aromatic rings. The lowest BCUT2D eigenvalue weighted by atomic mass is 10.3. The number of aromatic nitrogens is 4. The quantitative estimate of drug-likeness (QED) is 0.559. The zero-order chi connectivity index (χ0) is 12.5. The van der Waals surface area contributed by atoms with Gasteiger partial charge in [-0.3, -0.25) is 14.9 Å². The van der Waals surface area contributed by atoms with E-state index in [1.807, 2.05) is 0 Å². The topological polar surface area (TPSA) is 130 Å². The molecule has 10 heteroatoms. The largest absolute Gasteiger partial charge is 0.389 e. The highest BCUT2D eigenvalue weighted by Gasteiger charge is 2.18. The van der Waals surface area contributed by atoms with Gasteiger partial charge in [0.25, 0.3) is 10.0 Å². The minimum absolute atomic E-state index is 0.000916. The number of rotatable bonds is 4. The average molecular weight is 272 g/mol. The van der Waals surface area contributed by atoms with Crippen LogP contribution in [0.1, 0.15) is 5.56 Å². The molecule has 2 aromatic heterocycles. The molecular weight excluding hydrogens is 264 g/mol. The Morgan fingerprint density at radius 2 is 2.18 bits per heavy atom. The minimum Gasteiger partial charge on any atom is -0.389 e. The minimum atomic E-state index is -3.73. The smallest absolute Gasteiger partial charge is 0.266 e. The molecule has 0 unspecified atom stereocenters. The molecule has 0 aliphatic carbocycles. The van der Waals surface area contributed by atoms with E-state index in [9.17, 15) is 8.42 Å². The highest BCUT2D eigenvalue weighted by atomic mass is 32.2. The van der Waals surface area contributed by atoms with Gasteiger partial charge in [0.2, 0.25) is 0 Å². The summed E-state index contributed by atoms with van der Waals surface area (Å²) in [5.74, 6) is 0.124. The molecule has 5 N–H and O–H groups in total. The fourth-order valence-electron chi connectivity index (χ4n) is 1.13. The van der Waals surface area contributed by atoms with E-state index in [2.05, 4.69) is 25.1 Å². The first-order valence-electron chi connectivity index (χ1n) is 4.35. The van der Waals surface area contributed by atoms with Crippen LogP contribution in [0.15, 0.2) is 23.5 Å². The molecule has 8 nitrogen and oxygen atoms in total. The summed E-state index contributed by atoms with van der Waals surface area (Å²) in [5.41, 5.74) is 5.74. The van der Waals surface area contributed by atoms with Gasteiger partial charge in [-0.05, 0) is 0 Å². The van der Waals surface area contributed by atoms with Crippen LogP contribution >= 0.6 is 12.2 Å². The second-order valence-corrected chi connectivity index (χ2v) is 5.18. The predicted molar refractivity (Wildman–Crippen MR) is 63.9 cm³/mol. The van der Waals surface area contributed by atoms with Gasteiger partial charge in [-0.15, -0.1) is 0 Å². The van der Waals surface area contributed by atoms with E-state index in [1.54, 1.807) is 0 Å². The number of hydrogen-bond acceptors (Lipinski definition) is 5. The molecule has 2 rings (SSSR count). The second kappa shape index (κ2) is 4.14. The molecule has 0 radical (unpaired) electrons. The first-order chi connectivity index (χ1) is 8.00. The van der Waals surface area contributed by atoms with Crippen LogP contribution in [0.2, 0.25) is 0 Å². The van der Waals surface area contributed by atoms with Crippen molar-refractivity contribution in [3.63, 3.8) is 0 Å². The van der Waals surface area contributed by atoms with Crippen molar-refractivity contribution in [2.45, 2.75) is 4.90 Å². The maximum atomic E-state index is 11.8. The van der Waals surface area contributed by atoms with E-state index in [-0.39, 0.29) is 15.7 Å². The van der Waals surface area contributed by atoms with Gasteiger partial charge in [0, 0.05) is 6.20 Å². The number of nitrogens with zero attached hydrogens (tertiary/aromatic N) is 2. The molecule has 0 fully saturated rings. The van der Waals surface area contributed by atoms with Crippen LogP contribution in [-0.4, -0.2) is 33.8 Å². The van der Waals surface area contributed by atoms with E-state index < -0.39 is 10.0 Å². The number of hydrogen-bond donors (Lipinski definition) is 4. The molecule has 17 heavy (non-hydrogen) atoms. The first kappa shape index (κ1) is 11.5. The van der Waals surface area contributed by atoms with Gasteiger partial charge in [0.15, 0.2) is 0 Å². The Morgan fingerprint density at radius 1 is 1.41 bits per heavy atom. The molecule has 0 amide bonds. The van der Waals surface area contributed by atoms with Gasteiger partial charge in [0.1, 0.15) is 15.7 Å². The van der Waals surface area contributed by atoms with E-state index in [0.717, 1.165) is 0 Å². The zero-order valence-electron chi connectivity index (χ0n) is 8.34. The van der Waals surface area contributed by atoms with Crippen molar-refractivity contribution in [2.75, 3.05) is 4.72 Å². The third-order valence-electron chi connectivity index (χ3n) is 1.92. The van der Waals surface area contributed by atoms with Crippen molar-refractivity contribution in [1.29, 1.82) is 0 Å². The number of nitrogens with two attached hydrogens (primary N) is 1. The second-order valence-electron chi connectivity index (χ2n) is 3.06. The molecule has 0 aromatic carbocycles. The lowest BCUT2D eigenvalue weighted by molar-refractivity contribution is 0.601. The Morgan fingerprint density at radius 3 is 2.76 bits per heavy atom. The van der Waals surface area contributed by atoms with Gasteiger partial charge >= 0.3 is 0 Å². The SMILES string of the molecule is NC(=S)c1cn[nH]c1NS(=O)(=O)c1cn[nH]c1. The number of anilines is 1. The summed E-state index contributed by atoms with van der Waals surface area (Å²) in [5, 5.41) is 12.1. The zero-order valence-corrected chi connectivity index (χ0v) is 9.97. The molecule has 0 saturated heterocycles. The highest BCUT2D eigenvalue weighted by Crippen LogP contribution is 2.16. The number of aromatic amines is 2. The number of thiocarbonyl (C=S) groups is 1. The van der Waals surface area contributed by atoms with Crippen LogP contribution in [-0.2, 0) is 10.0 Å². The Bertz CT molecular complexity index is 629. The van der Waals surface area contributed by atoms with Crippen molar-refractivity contribution in [1.82, 2.24) is 20.4 Å². The molecular formula is C7H8N6O2S2. The Labute approximate surface area is 102 Å². The van der Waals surface area contributed by atoms with Gasteiger partial charge < -0.3 is 5.73 Å². The van der Waals surface area contributed by atoms with Crippen LogP contribution < -0.4 is 10.5 Å². The Balaban J connectivity index is 2.33. The Kier molecular flexibility index (Phi) is 2.81. The van der Waals surface area contributed by atoms with Crippen molar-refractivity contribution in [3.05, 3.63) is 24.2 Å². The van der Waals surface area contributed by atoms with Crippen LogP contribution in [0.5, 0.6) is 0 Å². The van der Waals surface area contributed by atoms with Crippen molar-refractivity contribution < 1.29 is 8.42 Å². The van der Waals surface area contributed by atoms with Gasteiger partial charge in [-0.25, -0.2) is 8.42 Å². The summed E-state index contributed by atoms with van der Waals surface area (Å²) in [7, 11) is -3.73. The van der Waals surface area contributed by atoms with Crippen molar-refractivity contribution >= 4 is 33.0 Å². The number of H-pyrrole nitrogens is 2. The predicted octanol–water partition coefficient (Wildman–Crippen LogP) is -0.432. The number of sulfonamides is 1. The lowest BCUT2D eigenvalue weighted by Gasteiger charge is -2.05. The molecule has 0 atom stereocenters. The van der Waals surface area contributed by atoms with Crippen molar-refractivity contribution in [3.8, 4) is 0 Å². The molecule has 90 valence electrons. The fourth-order valence-corrected chi connectivity index (χ4v) is 2.23. The molecule has 0 saturated carbocycles. The number of nitrogens with one attached hydrogen (secondary N) is 3. The van der Waals surface area contributed by atoms with E-state index in [4.69, 9.17) is 18.0 Å². The third kappa shape index (κ3) is 2.26. The Hall–Kier alpha value is -1.94. The molecule has 2 heterocycles. The summed E-state index contributed by atoms with van der Waals surface area (Å²) in [4.78, 5) is 0.0460. The maximum absolute atomic E-state index is 11.8. The summed E-state index contributed by atoms with van der Waals surface area (Å²) >= 11 is 4.76. The highest BCUT2D eigenvalue weighted by molar-refractivity contribution is 7.92. The first-order valence-corrected chi connectivity index (χ1v) is 6.24. The molecule has 0 aliphatic rings. The molecule has 0 aliphatic heterocycles. The van der Waals surface area contributed by atoms with E-state index >= 15 is 0 Å². The average Bonchev–Trinajstić information content (AvgIpc) is 2.85. The summed E-state index contributed by atoms with van der Waals surface area (Å²) in [6.45, 7) is 0. The van der Waals surface area contributed by atoms with Crippen LogP contribution in [0.25, 0.3) is 0 Å². The molecule has 0 spiro atoms. The third-order valence-corrected chi connectivity index (χ3v) is 3.46. The summed E-state index contributed by atoms with van der Waals surface area (Å²) in [6.07, 6.45) is 3.77. The van der Waals surface area contributed by atoms with Crippen LogP contribution in [0, 0.1) is 0 Å². The van der Waals surface area contributed by atoms with Gasteiger partial charge in [-0.2, -0.15) is 10.2 Å². The van der Waals surface area contributed by atoms with Gasteiger partial charge in [-0.1, -0.05) is 12.2 Å². The summed E-state index contributed by atoms with van der Waals surface area (Å²) < 4.78 is 25.9. The van der Waals surface area contributed by atoms with Crippen molar-refractivity contribution in [2.24, 2.45) is 5.73 Å². The standard InChI is InChI=1S/C7H8N6O2S2/c8-6(16)5-3-11-12-7(5)13-17(14,15)4-1-9-10-2-4/h1-3H,(H2,8,16)(H,9,10)(H2,11,12,13). The fraction of sp³-hybridized carbons (Fsp3) is 0. The van der Waals surface area contributed by atoms with Crippen LogP contribution in [0.3, 0.4) is 0 Å². The lowest BCUT2D eigenvalue weighted by Crippen LogP contribution is -2.17. The summed E-state index contributed by atoms with van der Waals surface area (Å²) in [6, 6.07) is 0. The van der Waals surface area contributed by atoms with E-state index in [0.29, 0.717) is 5.56 Å².